The van der Waals surface area contributed by atoms with Crippen LogP contribution in [0.5, 0.6) is 0 Å². The zero-order valence-electron chi connectivity index (χ0n) is 11.4. The number of methoxy groups -OCH3 is 1. The van der Waals surface area contributed by atoms with Crippen LogP contribution >= 0.6 is 0 Å². The first-order valence-electron chi connectivity index (χ1n) is 6.75. The van der Waals surface area contributed by atoms with Gasteiger partial charge in [-0.15, -0.1) is 0 Å². The Morgan fingerprint density at radius 2 is 2.44 bits per heavy atom. The van der Waals surface area contributed by atoms with Crippen LogP contribution in [-0.2, 0) is 11.3 Å². The number of nitrogens with one attached hydrogen (secondary N) is 1. The molecule has 4 nitrogen and oxygen atoms in total. The maximum Gasteiger partial charge on any atom is 0.126 e. The van der Waals surface area contributed by atoms with Crippen molar-refractivity contribution in [3.05, 3.63) is 23.9 Å². The minimum Gasteiger partial charge on any atom is -0.380 e. The summed E-state index contributed by atoms with van der Waals surface area (Å²) in [5.41, 5.74) is 1.32. The lowest BCUT2D eigenvalue weighted by Crippen LogP contribution is -2.38. The highest BCUT2D eigenvalue weighted by molar-refractivity contribution is 5.37. The van der Waals surface area contributed by atoms with Crippen LogP contribution < -0.4 is 5.32 Å². The van der Waals surface area contributed by atoms with Gasteiger partial charge in [0.1, 0.15) is 5.82 Å². The van der Waals surface area contributed by atoms with Crippen molar-refractivity contribution in [3.63, 3.8) is 0 Å². The van der Waals surface area contributed by atoms with Crippen LogP contribution in [0.1, 0.15) is 25.3 Å². The standard InChI is InChI=1S/C14H23N3O/c1-3-15-14-9-12(6-7-16-14)10-17-8-4-5-13(11-17)18-2/h6-7,9,13H,3-5,8,10-11H2,1-2H3,(H,15,16). The average molecular weight is 249 g/mol. The molecule has 0 amide bonds. The molecule has 4 heteroatoms. The van der Waals surface area contributed by atoms with Gasteiger partial charge in [0.05, 0.1) is 6.10 Å². The van der Waals surface area contributed by atoms with Crippen LogP contribution in [0.4, 0.5) is 5.82 Å². The SMILES string of the molecule is CCNc1cc(CN2CCCC(OC)C2)ccn1. The molecular weight excluding hydrogens is 226 g/mol. The third-order valence-electron chi connectivity index (χ3n) is 3.38. The summed E-state index contributed by atoms with van der Waals surface area (Å²) in [4.78, 5) is 6.76. The van der Waals surface area contributed by atoms with Crippen LogP contribution in [0.15, 0.2) is 18.3 Å². The van der Waals surface area contributed by atoms with E-state index in [1.165, 1.54) is 24.9 Å². The number of ether oxygens (including phenoxy) is 1. The number of hydrogen-bond donors (Lipinski definition) is 1. The molecule has 1 unspecified atom stereocenters. The van der Waals surface area contributed by atoms with Crippen LogP contribution in [0.25, 0.3) is 0 Å². The molecule has 0 saturated carbocycles. The van der Waals surface area contributed by atoms with Crippen molar-refractivity contribution in [2.75, 3.05) is 32.1 Å². The summed E-state index contributed by atoms with van der Waals surface area (Å²) in [5, 5.41) is 3.25. The van der Waals surface area contributed by atoms with Crippen LogP contribution in [0.2, 0.25) is 0 Å². The molecule has 1 aliphatic heterocycles. The van der Waals surface area contributed by atoms with Gasteiger partial charge in [-0.2, -0.15) is 0 Å². The first-order chi connectivity index (χ1) is 8.81. The van der Waals surface area contributed by atoms with Crippen molar-refractivity contribution in [2.24, 2.45) is 0 Å². The molecule has 0 aromatic carbocycles. The maximum atomic E-state index is 5.46. The molecule has 18 heavy (non-hydrogen) atoms. The fraction of sp³-hybridized carbons (Fsp3) is 0.643. The van der Waals surface area contributed by atoms with Crippen LogP contribution in [0, 0.1) is 0 Å². The zero-order chi connectivity index (χ0) is 12.8. The van der Waals surface area contributed by atoms with Crippen LogP contribution in [-0.4, -0.2) is 42.7 Å². The van der Waals surface area contributed by atoms with Crippen molar-refractivity contribution in [3.8, 4) is 0 Å². The lowest BCUT2D eigenvalue weighted by atomic mass is 10.1. The van der Waals surface area contributed by atoms with E-state index in [0.29, 0.717) is 6.10 Å². The number of hydrogen-bond acceptors (Lipinski definition) is 4. The molecule has 0 radical (unpaired) electrons. The van der Waals surface area contributed by atoms with E-state index in [1.54, 1.807) is 0 Å². The average Bonchev–Trinajstić information content (AvgIpc) is 2.40. The lowest BCUT2D eigenvalue weighted by molar-refractivity contribution is 0.0285. The smallest absolute Gasteiger partial charge is 0.126 e. The van der Waals surface area contributed by atoms with E-state index < -0.39 is 0 Å². The van der Waals surface area contributed by atoms with E-state index in [2.05, 4.69) is 34.3 Å². The predicted molar refractivity (Wildman–Crippen MR) is 73.7 cm³/mol. The Balaban J connectivity index is 1.93. The topological polar surface area (TPSA) is 37.4 Å². The largest absolute Gasteiger partial charge is 0.380 e. The molecule has 1 atom stereocenters. The Morgan fingerprint density at radius 1 is 1.56 bits per heavy atom. The van der Waals surface area contributed by atoms with Gasteiger partial charge >= 0.3 is 0 Å². The Kier molecular flexibility index (Phi) is 4.96. The fourth-order valence-electron chi connectivity index (χ4n) is 2.46. The van der Waals surface area contributed by atoms with Gasteiger partial charge in [0.2, 0.25) is 0 Å². The third kappa shape index (κ3) is 3.68. The van der Waals surface area contributed by atoms with Crippen molar-refractivity contribution in [2.45, 2.75) is 32.4 Å². The second-order valence-electron chi connectivity index (χ2n) is 4.81. The Morgan fingerprint density at radius 3 is 3.22 bits per heavy atom. The predicted octanol–water partition coefficient (Wildman–Crippen LogP) is 2.12. The molecule has 1 aromatic heterocycles. The van der Waals surface area contributed by atoms with Gasteiger partial charge in [-0.3, -0.25) is 4.90 Å². The van der Waals surface area contributed by atoms with Crippen LogP contribution in [0.3, 0.4) is 0 Å². The van der Waals surface area contributed by atoms with Gasteiger partial charge in [0.25, 0.3) is 0 Å². The van der Waals surface area contributed by atoms with Gasteiger partial charge in [0.15, 0.2) is 0 Å². The number of rotatable bonds is 5. The van der Waals surface area contributed by atoms with Gasteiger partial charge < -0.3 is 10.1 Å². The number of nitrogens with zero attached hydrogens (tertiary/aromatic N) is 2. The number of aromatic nitrogens is 1. The normalized spacial score (nSPS) is 20.9. The van der Waals surface area contributed by atoms with E-state index in [9.17, 15) is 0 Å². The molecule has 2 heterocycles. The minimum atomic E-state index is 0.397. The second-order valence-corrected chi connectivity index (χ2v) is 4.81. The molecule has 1 aromatic rings. The molecule has 0 bridgehead atoms. The highest BCUT2D eigenvalue weighted by Gasteiger charge is 2.19. The van der Waals surface area contributed by atoms with E-state index >= 15 is 0 Å². The summed E-state index contributed by atoms with van der Waals surface area (Å²) in [6.45, 7) is 6.18. The van der Waals surface area contributed by atoms with Gasteiger partial charge in [-0.1, -0.05) is 0 Å². The minimum absolute atomic E-state index is 0.397. The lowest BCUT2D eigenvalue weighted by Gasteiger charge is -2.31. The van der Waals surface area contributed by atoms with Gasteiger partial charge in [-0.05, 0) is 44.0 Å². The molecule has 100 valence electrons. The van der Waals surface area contributed by atoms with E-state index in [1.807, 2.05) is 13.3 Å². The fourth-order valence-corrected chi connectivity index (χ4v) is 2.46. The Hall–Kier alpha value is -1.13. The van der Waals surface area contributed by atoms with Crippen molar-refractivity contribution < 1.29 is 4.74 Å². The summed E-state index contributed by atoms with van der Waals surface area (Å²) >= 11 is 0. The van der Waals surface area contributed by atoms with E-state index in [-0.39, 0.29) is 0 Å². The molecule has 1 fully saturated rings. The van der Waals surface area contributed by atoms with Crippen molar-refractivity contribution in [1.82, 2.24) is 9.88 Å². The summed E-state index contributed by atoms with van der Waals surface area (Å²) in [6.07, 6.45) is 4.69. The highest BCUT2D eigenvalue weighted by Crippen LogP contribution is 2.16. The molecule has 1 aliphatic rings. The van der Waals surface area contributed by atoms with Crippen molar-refractivity contribution >= 4 is 5.82 Å². The van der Waals surface area contributed by atoms with E-state index in [0.717, 1.165) is 25.5 Å². The molecular formula is C14H23N3O. The summed E-state index contributed by atoms with van der Waals surface area (Å²) in [6, 6.07) is 4.23. The van der Waals surface area contributed by atoms with E-state index in [4.69, 9.17) is 4.74 Å². The molecule has 2 rings (SSSR count). The number of pyridine rings is 1. The first kappa shape index (κ1) is 13.3. The molecule has 0 spiro atoms. The summed E-state index contributed by atoms with van der Waals surface area (Å²) < 4.78 is 5.46. The summed E-state index contributed by atoms with van der Waals surface area (Å²) in [7, 11) is 1.81. The Bertz CT molecular complexity index is 370. The maximum absolute atomic E-state index is 5.46. The van der Waals surface area contributed by atoms with Gasteiger partial charge in [-0.25, -0.2) is 4.98 Å². The monoisotopic (exact) mass is 249 g/mol. The number of piperidine rings is 1. The molecule has 0 aliphatic carbocycles. The molecule has 1 N–H and O–H groups in total. The highest BCUT2D eigenvalue weighted by atomic mass is 16.5. The first-order valence-corrected chi connectivity index (χ1v) is 6.75. The quantitative estimate of drug-likeness (QED) is 0.867. The number of anilines is 1. The Labute approximate surface area is 109 Å². The van der Waals surface area contributed by atoms with Gasteiger partial charge in [0, 0.05) is 32.9 Å². The van der Waals surface area contributed by atoms with Crippen molar-refractivity contribution in [1.29, 1.82) is 0 Å². The third-order valence-corrected chi connectivity index (χ3v) is 3.38. The second kappa shape index (κ2) is 6.71. The zero-order valence-corrected chi connectivity index (χ0v) is 11.4. The molecule has 1 saturated heterocycles. The summed E-state index contributed by atoms with van der Waals surface area (Å²) in [5.74, 6) is 0.968. The number of likely N-dealkylation sites (tertiary alicyclic amines) is 1.